The van der Waals surface area contributed by atoms with Crippen LogP contribution in [0, 0.1) is 13.8 Å². The third-order valence-corrected chi connectivity index (χ3v) is 5.00. The summed E-state index contributed by atoms with van der Waals surface area (Å²) < 4.78 is 16.5. The van der Waals surface area contributed by atoms with Gasteiger partial charge in [-0.15, -0.1) is 13.2 Å². The molecule has 0 atom stereocenters. The average molecular weight is 434 g/mol. The maximum Gasteiger partial charge on any atom is 0.342 e. The fourth-order valence-corrected chi connectivity index (χ4v) is 3.24. The summed E-state index contributed by atoms with van der Waals surface area (Å²) in [5, 5.41) is 5.70. The van der Waals surface area contributed by atoms with E-state index >= 15 is 0 Å². The van der Waals surface area contributed by atoms with E-state index in [9.17, 15) is 9.59 Å². The van der Waals surface area contributed by atoms with Crippen molar-refractivity contribution in [2.24, 2.45) is 0 Å². The van der Waals surface area contributed by atoms with Crippen LogP contribution in [0.1, 0.15) is 27.4 Å². The molecule has 0 radical (unpaired) electrons. The molecule has 7 heteroatoms. The maximum atomic E-state index is 12.9. The summed E-state index contributed by atoms with van der Waals surface area (Å²) >= 11 is 0. The van der Waals surface area contributed by atoms with Crippen LogP contribution in [0.15, 0.2) is 66.2 Å². The topological polar surface area (TPSA) is 81.9 Å². The lowest BCUT2D eigenvalue weighted by Gasteiger charge is -2.19. The van der Waals surface area contributed by atoms with Gasteiger partial charge >= 0.3 is 5.97 Å². The summed E-state index contributed by atoms with van der Waals surface area (Å²) in [6, 6.07) is 11.1. The number of carbonyl (C=O) groups excluding carboxylic acids is 2. The summed E-state index contributed by atoms with van der Waals surface area (Å²) in [6.07, 6.45) is 3.21. The second kappa shape index (κ2) is 10.4. The molecular weight excluding hydrogens is 408 g/mol. The van der Waals surface area contributed by atoms with Crippen LogP contribution >= 0.6 is 0 Å². The number of benzene rings is 2. The van der Waals surface area contributed by atoms with Gasteiger partial charge in [0.2, 0.25) is 0 Å². The Kier molecular flexibility index (Phi) is 7.44. The SMILES string of the molecule is C=CCN(CC=C)C(=O)COC(=O)c1cc2ccccc2cc1OCc1c(C)noc1C. The summed E-state index contributed by atoms with van der Waals surface area (Å²) in [5.74, 6) is 0.0323. The molecule has 1 heterocycles. The molecule has 0 saturated carbocycles. The van der Waals surface area contributed by atoms with Crippen LogP contribution in [-0.4, -0.2) is 41.6 Å². The zero-order chi connectivity index (χ0) is 23.1. The number of hydrogen-bond donors (Lipinski definition) is 0. The maximum absolute atomic E-state index is 12.9. The van der Waals surface area contributed by atoms with Crippen molar-refractivity contribution in [3.05, 3.63) is 84.3 Å². The normalized spacial score (nSPS) is 10.6. The van der Waals surface area contributed by atoms with Crippen molar-refractivity contribution in [2.75, 3.05) is 19.7 Å². The minimum Gasteiger partial charge on any atom is -0.488 e. The Labute approximate surface area is 186 Å². The van der Waals surface area contributed by atoms with Crippen LogP contribution in [-0.2, 0) is 16.1 Å². The van der Waals surface area contributed by atoms with Gasteiger partial charge in [0.15, 0.2) is 6.61 Å². The van der Waals surface area contributed by atoms with Gasteiger partial charge in [-0.25, -0.2) is 4.79 Å². The molecule has 0 bridgehead atoms. The van der Waals surface area contributed by atoms with Crippen LogP contribution < -0.4 is 4.74 Å². The fraction of sp³-hybridized carbons (Fsp3) is 0.240. The van der Waals surface area contributed by atoms with Gasteiger partial charge in [0, 0.05) is 13.1 Å². The molecule has 0 unspecified atom stereocenters. The van der Waals surface area contributed by atoms with E-state index in [0.29, 0.717) is 24.6 Å². The minimum absolute atomic E-state index is 0.186. The fourth-order valence-electron chi connectivity index (χ4n) is 3.24. The van der Waals surface area contributed by atoms with E-state index in [1.807, 2.05) is 31.2 Å². The van der Waals surface area contributed by atoms with Gasteiger partial charge in [0.1, 0.15) is 23.7 Å². The molecule has 0 aliphatic carbocycles. The van der Waals surface area contributed by atoms with Crippen LogP contribution in [0.3, 0.4) is 0 Å². The molecule has 0 aliphatic rings. The minimum atomic E-state index is -0.643. The van der Waals surface area contributed by atoms with Crippen molar-refractivity contribution in [3.8, 4) is 5.75 Å². The van der Waals surface area contributed by atoms with Gasteiger partial charge in [0.25, 0.3) is 5.91 Å². The van der Waals surface area contributed by atoms with Crippen molar-refractivity contribution in [1.82, 2.24) is 10.1 Å². The third-order valence-electron chi connectivity index (χ3n) is 5.00. The van der Waals surface area contributed by atoms with Gasteiger partial charge in [-0.1, -0.05) is 41.6 Å². The Bertz CT molecular complexity index is 1120. The lowest BCUT2D eigenvalue weighted by atomic mass is 10.1. The second-order valence-corrected chi connectivity index (χ2v) is 7.24. The highest BCUT2D eigenvalue weighted by atomic mass is 16.5. The number of hydrogen-bond acceptors (Lipinski definition) is 6. The molecule has 1 amide bonds. The van der Waals surface area contributed by atoms with E-state index in [0.717, 1.165) is 22.0 Å². The van der Waals surface area contributed by atoms with E-state index in [1.54, 1.807) is 31.2 Å². The van der Waals surface area contributed by atoms with Crippen LogP contribution in [0.4, 0.5) is 0 Å². The number of carbonyl (C=O) groups is 2. The van der Waals surface area contributed by atoms with E-state index in [4.69, 9.17) is 14.0 Å². The lowest BCUT2D eigenvalue weighted by Crippen LogP contribution is -2.35. The number of amides is 1. The van der Waals surface area contributed by atoms with Crippen molar-refractivity contribution < 1.29 is 23.6 Å². The Balaban J connectivity index is 1.82. The number of aryl methyl sites for hydroxylation is 2. The molecule has 3 aromatic rings. The van der Waals surface area contributed by atoms with Crippen molar-refractivity contribution in [1.29, 1.82) is 0 Å². The van der Waals surface area contributed by atoms with Gasteiger partial charge in [-0.05, 0) is 36.8 Å². The van der Waals surface area contributed by atoms with Gasteiger partial charge in [-0.3, -0.25) is 4.79 Å². The van der Waals surface area contributed by atoms with Crippen LogP contribution in [0.25, 0.3) is 10.8 Å². The predicted octanol–water partition coefficient (Wildman–Crippen LogP) is 4.38. The number of rotatable bonds is 10. The zero-order valence-corrected chi connectivity index (χ0v) is 18.3. The number of fused-ring (bicyclic) bond motifs is 1. The Morgan fingerprint density at radius 2 is 1.75 bits per heavy atom. The van der Waals surface area contributed by atoms with E-state index < -0.39 is 12.6 Å². The van der Waals surface area contributed by atoms with Crippen molar-refractivity contribution in [2.45, 2.75) is 20.5 Å². The summed E-state index contributed by atoms with van der Waals surface area (Å²) in [6.45, 7) is 11.4. The largest absolute Gasteiger partial charge is 0.488 e. The molecule has 32 heavy (non-hydrogen) atoms. The van der Waals surface area contributed by atoms with E-state index in [1.165, 1.54) is 4.90 Å². The molecule has 0 N–H and O–H groups in total. The summed E-state index contributed by atoms with van der Waals surface area (Å²) in [5.41, 5.74) is 1.78. The molecule has 3 rings (SSSR count). The zero-order valence-electron chi connectivity index (χ0n) is 18.3. The third kappa shape index (κ3) is 5.24. The molecule has 2 aromatic carbocycles. The standard InChI is InChI=1S/C25H26N2O5/c1-5-11-27(12-6-2)24(28)16-31-25(29)21-13-19-9-7-8-10-20(19)14-23(21)30-15-22-17(3)26-32-18(22)4/h5-10,13-14H,1-2,11-12,15-16H2,3-4H3. The molecule has 0 aliphatic heterocycles. The highest BCUT2D eigenvalue weighted by molar-refractivity contribution is 5.99. The lowest BCUT2D eigenvalue weighted by molar-refractivity contribution is -0.133. The van der Waals surface area contributed by atoms with Crippen LogP contribution in [0.5, 0.6) is 5.75 Å². The van der Waals surface area contributed by atoms with E-state index in [-0.39, 0.29) is 18.1 Å². The first-order chi connectivity index (χ1) is 15.4. The van der Waals surface area contributed by atoms with Crippen LogP contribution in [0.2, 0.25) is 0 Å². The van der Waals surface area contributed by atoms with Crippen molar-refractivity contribution >= 4 is 22.6 Å². The predicted molar refractivity (Wildman–Crippen MR) is 122 cm³/mol. The quantitative estimate of drug-likeness (QED) is 0.348. The highest BCUT2D eigenvalue weighted by Gasteiger charge is 2.20. The molecular formula is C25H26N2O5. The highest BCUT2D eigenvalue weighted by Crippen LogP contribution is 2.28. The van der Waals surface area contributed by atoms with Gasteiger partial charge in [0.05, 0.1) is 11.3 Å². The summed E-state index contributed by atoms with van der Waals surface area (Å²) in [4.78, 5) is 26.8. The first-order valence-electron chi connectivity index (χ1n) is 10.2. The number of aromatic nitrogens is 1. The van der Waals surface area contributed by atoms with Gasteiger partial charge < -0.3 is 18.9 Å². The first kappa shape index (κ1) is 22.8. The average Bonchev–Trinajstić information content (AvgIpc) is 3.12. The van der Waals surface area contributed by atoms with E-state index in [2.05, 4.69) is 18.3 Å². The molecule has 1 aromatic heterocycles. The van der Waals surface area contributed by atoms with Gasteiger partial charge in [-0.2, -0.15) is 0 Å². The second-order valence-electron chi connectivity index (χ2n) is 7.24. The molecule has 0 fully saturated rings. The smallest absolute Gasteiger partial charge is 0.342 e. The number of esters is 1. The molecule has 0 saturated heterocycles. The molecule has 166 valence electrons. The molecule has 7 nitrogen and oxygen atoms in total. The Hall–Kier alpha value is -3.87. The Morgan fingerprint density at radius 1 is 1.09 bits per heavy atom. The number of ether oxygens (including phenoxy) is 2. The number of nitrogens with zero attached hydrogens (tertiary/aromatic N) is 2. The molecule has 0 spiro atoms. The monoisotopic (exact) mass is 434 g/mol. The van der Waals surface area contributed by atoms with Crippen molar-refractivity contribution in [3.63, 3.8) is 0 Å². The Morgan fingerprint density at radius 3 is 2.34 bits per heavy atom. The first-order valence-corrected chi connectivity index (χ1v) is 10.2. The summed E-state index contributed by atoms with van der Waals surface area (Å²) in [7, 11) is 0.